The zero-order valence-electron chi connectivity index (χ0n) is 13.0. The molecule has 3 aromatic carbocycles. The van der Waals surface area contributed by atoms with Gasteiger partial charge < -0.3 is 10.2 Å². The first kappa shape index (κ1) is 15.6. The summed E-state index contributed by atoms with van der Waals surface area (Å²) >= 11 is 0. The van der Waals surface area contributed by atoms with Crippen LogP contribution in [-0.2, 0) is 0 Å². The van der Waals surface area contributed by atoms with Crippen LogP contribution in [0.25, 0.3) is 10.8 Å². The van der Waals surface area contributed by atoms with Crippen molar-refractivity contribution >= 4 is 22.4 Å². The predicted octanol–water partition coefficient (Wildman–Crippen LogP) is 3.41. The van der Waals surface area contributed by atoms with Crippen molar-refractivity contribution in [2.45, 2.75) is 6.92 Å². The molecule has 0 aliphatic rings. The summed E-state index contributed by atoms with van der Waals surface area (Å²) in [5, 5.41) is 25.5. The van der Waals surface area contributed by atoms with Gasteiger partial charge in [-0.3, -0.25) is 4.79 Å². The maximum absolute atomic E-state index is 12.3. The Kier molecular flexibility index (Phi) is 4.16. The fourth-order valence-electron chi connectivity index (χ4n) is 2.44. The Morgan fingerprint density at radius 3 is 2.21 bits per heavy atom. The first-order valence-corrected chi connectivity index (χ1v) is 7.41. The maximum atomic E-state index is 12.3. The highest BCUT2D eigenvalue weighted by Gasteiger charge is 2.12. The SMILES string of the molecule is C/C(=N\NC(=O)c1cc2ccccc2cc1O)c1ccccc1O. The smallest absolute Gasteiger partial charge is 0.275 e. The molecular formula is C19H16N2O3. The number of aromatic hydroxyl groups is 2. The molecule has 0 aliphatic heterocycles. The Bertz CT molecular complexity index is 948. The van der Waals surface area contributed by atoms with E-state index in [0.29, 0.717) is 11.3 Å². The number of nitrogens with one attached hydrogen (secondary N) is 1. The molecule has 3 rings (SSSR count). The number of benzene rings is 3. The molecule has 3 N–H and O–H groups in total. The summed E-state index contributed by atoms with van der Waals surface area (Å²) in [5.74, 6) is -0.545. The van der Waals surface area contributed by atoms with Crippen LogP contribution in [0.2, 0.25) is 0 Å². The summed E-state index contributed by atoms with van der Waals surface area (Å²) in [5.41, 5.74) is 3.54. The average Bonchev–Trinajstić information content (AvgIpc) is 2.59. The van der Waals surface area contributed by atoms with Crippen LogP contribution in [0.15, 0.2) is 65.8 Å². The highest BCUT2D eigenvalue weighted by molar-refractivity contribution is 6.04. The van der Waals surface area contributed by atoms with Gasteiger partial charge in [0, 0.05) is 5.56 Å². The monoisotopic (exact) mass is 320 g/mol. The number of phenols is 2. The van der Waals surface area contributed by atoms with Crippen molar-refractivity contribution in [3.8, 4) is 11.5 Å². The lowest BCUT2D eigenvalue weighted by molar-refractivity contribution is 0.0952. The largest absolute Gasteiger partial charge is 0.507 e. The molecule has 0 atom stereocenters. The lowest BCUT2D eigenvalue weighted by Gasteiger charge is -2.07. The van der Waals surface area contributed by atoms with Crippen LogP contribution in [0, 0.1) is 0 Å². The normalized spacial score (nSPS) is 11.5. The zero-order chi connectivity index (χ0) is 17.1. The number of amides is 1. The molecule has 1 amide bonds. The minimum atomic E-state index is -0.520. The second kappa shape index (κ2) is 6.42. The molecule has 120 valence electrons. The number of fused-ring (bicyclic) bond motifs is 1. The third-order valence-corrected chi connectivity index (χ3v) is 3.73. The summed E-state index contributed by atoms with van der Waals surface area (Å²) < 4.78 is 0. The van der Waals surface area contributed by atoms with Crippen molar-refractivity contribution in [2.75, 3.05) is 0 Å². The van der Waals surface area contributed by atoms with Crippen LogP contribution in [0.4, 0.5) is 0 Å². The van der Waals surface area contributed by atoms with Crippen LogP contribution < -0.4 is 5.43 Å². The van der Waals surface area contributed by atoms with Gasteiger partial charge in [0.05, 0.1) is 11.3 Å². The van der Waals surface area contributed by atoms with Crippen molar-refractivity contribution in [3.05, 3.63) is 71.8 Å². The van der Waals surface area contributed by atoms with E-state index in [0.717, 1.165) is 10.8 Å². The Morgan fingerprint density at radius 2 is 1.50 bits per heavy atom. The molecule has 3 aromatic rings. The number of carbonyl (C=O) groups is 1. The molecule has 0 radical (unpaired) electrons. The number of hydrogen-bond acceptors (Lipinski definition) is 4. The average molecular weight is 320 g/mol. The van der Waals surface area contributed by atoms with Crippen LogP contribution in [0.1, 0.15) is 22.8 Å². The second-order valence-electron chi connectivity index (χ2n) is 5.37. The van der Waals surface area contributed by atoms with Crippen molar-refractivity contribution < 1.29 is 15.0 Å². The van der Waals surface area contributed by atoms with Gasteiger partial charge in [-0.05, 0) is 42.0 Å². The quantitative estimate of drug-likeness (QED) is 0.511. The van der Waals surface area contributed by atoms with Gasteiger partial charge in [-0.1, -0.05) is 36.4 Å². The predicted molar refractivity (Wildman–Crippen MR) is 93.4 cm³/mol. The molecule has 0 fully saturated rings. The Hall–Kier alpha value is -3.34. The summed E-state index contributed by atoms with van der Waals surface area (Å²) in [4.78, 5) is 12.3. The topological polar surface area (TPSA) is 81.9 Å². The molecule has 0 unspecified atom stereocenters. The number of rotatable bonds is 3. The molecule has 0 spiro atoms. The van der Waals surface area contributed by atoms with Crippen molar-refractivity contribution in [1.29, 1.82) is 0 Å². The first-order chi connectivity index (χ1) is 11.6. The molecule has 5 nitrogen and oxygen atoms in total. The Morgan fingerprint density at radius 1 is 0.875 bits per heavy atom. The van der Waals surface area contributed by atoms with Gasteiger partial charge in [0.2, 0.25) is 0 Å². The summed E-state index contributed by atoms with van der Waals surface area (Å²) in [7, 11) is 0. The molecule has 0 saturated carbocycles. The highest BCUT2D eigenvalue weighted by atomic mass is 16.3. The fraction of sp³-hybridized carbons (Fsp3) is 0.0526. The molecule has 5 heteroatoms. The van der Waals surface area contributed by atoms with Gasteiger partial charge in [-0.2, -0.15) is 5.10 Å². The van der Waals surface area contributed by atoms with Gasteiger partial charge in [-0.15, -0.1) is 0 Å². The first-order valence-electron chi connectivity index (χ1n) is 7.41. The van der Waals surface area contributed by atoms with E-state index in [1.807, 2.05) is 24.3 Å². The van der Waals surface area contributed by atoms with E-state index in [-0.39, 0.29) is 17.1 Å². The van der Waals surface area contributed by atoms with Crippen molar-refractivity contribution in [2.24, 2.45) is 5.10 Å². The van der Waals surface area contributed by atoms with Gasteiger partial charge in [0.15, 0.2) is 0 Å². The van der Waals surface area contributed by atoms with E-state index in [1.54, 1.807) is 43.3 Å². The lowest BCUT2D eigenvalue weighted by Crippen LogP contribution is -2.19. The third-order valence-electron chi connectivity index (χ3n) is 3.73. The lowest BCUT2D eigenvalue weighted by atomic mass is 10.1. The summed E-state index contributed by atoms with van der Waals surface area (Å²) in [6, 6.07) is 17.3. The highest BCUT2D eigenvalue weighted by Crippen LogP contribution is 2.25. The van der Waals surface area contributed by atoms with E-state index in [1.165, 1.54) is 0 Å². The van der Waals surface area contributed by atoms with Gasteiger partial charge >= 0.3 is 0 Å². The number of nitrogens with zero attached hydrogens (tertiary/aromatic N) is 1. The number of para-hydroxylation sites is 1. The van der Waals surface area contributed by atoms with E-state index in [4.69, 9.17) is 0 Å². The third kappa shape index (κ3) is 3.05. The van der Waals surface area contributed by atoms with Crippen LogP contribution in [0.5, 0.6) is 11.5 Å². The van der Waals surface area contributed by atoms with E-state index >= 15 is 0 Å². The van der Waals surface area contributed by atoms with Crippen molar-refractivity contribution in [3.63, 3.8) is 0 Å². The van der Waals surface area contributed by atoms with E-state index < -0.39 is 5.91 Å². The maximum Gasteiger partial charge on any atom is 0.275 e. The molecule has 0 saturated heterocycles. The van der Waals surface area contributed by atoms with Crippen LogP contribution in [-0.4, -0.2) is 21.8 Å². The number of hydrazone groups is 1. The Labute approximate surface area is 138 Å². The minimum absolute atomic E-state index is 0.0848. The van der Waals surface area contributed by atoms with Gasteiger partial charge in [-0.25, -0.2) is 5.43 Å². The van der Waals surface area contributed by atoms with Gasteiger partial charge in [0.1, 0.15) is 11.5 Å². The number of phenolic OH excluding ortho intramolecular Hbond substituents is 2. The van der Waals surface area contributed by atoms with E-state index in [9.17, 15) is 15.0 Å². The fourth-order valence-corrected chi connectivity index (χ4v) is 2.44. The van der Waals surface area contributed by atoms with Gasteiger partial charge in [0.25, 0.3) is 5.91 Å². The summed E-state index contributed by atoms with van der Waals surface area (Å²) in [6.45, 7) is 1.68. The molecule has 24 heavy (non-hydrogen) atoms. The summed E-state index contributed by atoms with van der Waals surface area (Å²) in [6.07, 6.45) is 0. The second-order valence-corrected chi connectivity index (χ2v) is 5.37. The standard InChI is InChI=1S/C19H16N2O3/c1-12(15-8-4-5-9-17(15)22)20-21-19(24)16-10-13-6-2-3-7-14(13)11-18(16)23/h2-11,22-23H,1H3,(H,21,24)/b20-12+. The number of carbonyl (C=O) groups excluding carboxylic acids is 1. The van der Waals surface area contributed by atoms with Crippen LogP contribution >= 0.6 is 0 Å². The molecule has 0 aromatic heterocycles. The molecule has 0 heterocycles. The molecule has 0 bridgehead atoms. The Balaban J connectivity index is 1.86. The minimum Gasteiger partial charge on any atom is -0.507 e. The zero-order valence-corrected chi connectivity index (χ0v) is 13.0. The van der Waals surface area contributed by atoms with Crippen LogP contribution in [0.3, 0.4) is 0 Å². The van der Waals surface area contributed by atoms with Crippen molar-refractivity contribution in [1.82, 2.24) is 5.43 Å². The molecule has 0 aliphatic carbocycles. The van der Waals surface area contributed by atoms with E-state index in [2.05, 4.69) is 10.5 Å². The number of hydrogen-bond donors (Lipinski definition) is 3. The molecular weight excluding hydrogens is 304 g/mol.